The Bertz CT molecular complexity index is 758. The van der Waals surface area contributed by atoms with Crippen molar-refractivity contribution in [2.24, 2.45) is 17.3 Å². The van der Waals surface area contributed by atoms with Crippen LogP contribution in [0, 0.1) is 17.3 Å². The van der Waals surface area contributed by atoms with Gasteiger partial charge in [0.15, 0.2) is 11.5 Å². The van der Waals surface area contributed by atoms with Crippen LogP contribution in [0.1, 0.15) is 59.3 Å². The van der Waals surface area contributed by atoms with E-state index in [-0.39, 0.29) is 34.4 Å². The highest BCUT2D eigenvalue weighted by atomic mass is 16.5. The minimum Gasteiger partial charge on any atom is -0.490 e. The van der Waals surface area contributed by atoms with Gasteiger partial charge in [0, 0.05) is 17.6 Å². The highest BCUT2D eigenvalue weighted by molar-refractivity contribution is 6.21. The summed E-state index contributed by atoms with van der Waals surface area (Å²) in [7, 11) is 0. The summed E-state index contributed by atoms with van der Waals surface area (Å²) >= 11 is 0. The number of rotatable bonds is 2. The molecule has 0 bridgehead atoms. The van der Waals surface area contributed by atoms with Gasteiger partial charge in [0.25, 0.3) is 0 Å². The Morgan fingerprint density at radius 1 is 1.31 bits per heavy atom. The molecule has 2 fully saturated rings. The minimum atomic E-state index is -0.394. The smallest absolute Gasteiger partial charge is 0.227 e. The fraction of sp³-hybridized carbons (Fsp3) is 0.636. The molecule has 1 heterocycles. The quantitative estimate of drug-likeness (QED) is 0.548. The zero-order valence-corrected chi connectivity index (χ0v) is 16.0. The second-order valence-electron chi connectivity index (χ2n) is 8.72. The standard InChI is InChI=1S/C22H28O4/c1-5-25-17-12-16(23)20-14(19(17)24)11-18-21(3)9-6-7-13(2)15(21)8-10-22(18,4)26-20/h12,15,18H,2,5-11H2,1,3-4H3/t15-,18+,21-,22+/m0/s1. The Hall–Kier alpha value is -1.84. The first-order chi connectivity index (χ1) is 12.3. The summed E-state index contributed by atoms with van der Waals surface area (Å²) in [5.41, 5.74) is 1.54. The van der Waals surface area contributed by atoms with Crippen molar-refractivity contribution in [1.29, 1.82) is 0 Å². The molecule has 0 N–H and O–H groups in total. The monoisotopic (exact) mass is 356 g/mol. The number of ketones is 2. The van der Waals surface area contributed by atoms with Crippen LogP contribution < -0.4 is 0 Å². The van der Waals surface area contributed by atoms with Crippen LogP contribution in [0.2, 0.25) is 0 Å². The largest absolute Gasteiger partial charge is 0.490 e. The van der Waals surface area contributed by atoms with Gasteiger partial charge < -0.3 is 9.47 Å². The normalized spacial score (nSPS) is 39.5. The second kappa shape index (κ2) is 5.83. The zero-order chi connectivity index (χ0) is 18.7. The van der Waals surface area contributed by atoms with E-state index < -0.39 is 5.60 Å². The maximum Gasteiger partial charge on any atom is 0.227 e. The average molecular weight is 356 g/mol. The van der Waals surface area contributed by atoms with Crippen molar-refractivity contribution in [3.63, 3.8) is 0 Å². The van der Waals surface area contributed by atoms with Crippen LogP contribution in [0.5, 0.6) is 0 Å². The molecule has 1 aliphatic heterocycles. The van der Waals surface area contributed by atoms with E-state index in [0.29, 0.717) is 24.5 Å². The topological polar surface area (TPSA) is 52.6 Å². The van der Waals surface area contributed by atoms with E-state index in [0.717, 1.165) is 32.1 Å². The fourth-order valence-electron chi connectivity index (χ4n) is 5.98. The van der Waals surface area contributed by atoms with Gasteiger partial charge >= 0.3 is 0 Å². The molecule has 3 aliphatic carbocycles. The molecule has 4 heteroatoms. The molecule has 4 rings (SSSR count). The maximum atomic E-state index is 12.9. The fourth-order valence-corrected chi connectivity index (χ4v) is 5.98. The first kappa shape index (κ1) is 17.6. The van der Waals surface area contributed by atoms with Gasteiger partial charge in [0.1, 0.15) is 5.60 Å². The van der Waals surface area contributed by atoms with Crippen molar-refractivity contribution in [2.45, 2.75) is 64.9 Å². The minimum absolute atomic E-state index is 0.0666. The van der Waals surface area contributed by atoms with Crippen molar-refractivity contribution in [1.82, 2.24) is 0 Å². The molecular weight excluding hydrogens is 328 g/mol. The summed E-state index contributed by atoms with van der Waals surface area (Å²) in [5, 5.41) is 0. The number of hydrogen-bond acceptors (Lipinski definition) is 4. The first-order valence-corrected chi connectivity index (χ1v) is 9.83. The molecular formula is C22H28O4. The van der Waals surface area contributed by atoms with E-state index in [9.17, 15) is 9.59 Å². The van der Waals surface area contributed by atoms with Gasteiger partial charge in [0.05, 0.1) is 6.61 Å². The summed E-state index contributed by atoms with van der Waals surface area (Å²) in [6.45, 7) is 11.0. The number of hydrogen-bond donors (Lipinski definition) is 0. The molecule has 0 saturated heterocycles. The molecule has 26 heavy (non-hydrogen) atoms. The van der Waals surface area contributed by atoms with Crippen LogP contribution in [-0.2, 0) is 19.1 Å². The average Bonchev–Trinajstić information content (AvgIpc) is 2.58. The second-order valence-corrected chi connectivity index (χ2v) is 8.72. The molecule has 0 spiro atoms. The highest BCUT2D eigenvalue weighted by Gasteiger charge is 2.59. The number of carbonyl (C=O) groups excluding carboxylic acids is 2. The number of ether oxygens (including phenoxy) is 2. The van der Waals surface area contributed by atoms with E-state index in [1.807, 2.05) is 6.92 Å². The maximum absolute atomic E-state index is 12.9. The summed E-state index contributed by atoms with van der Waals surface area (Å²) in [4.78, 5) is 25.5. The third-order valence-corrected chi connectivity index (χ3v) is 7.27. The highest BCUT2D eigenvalue weighted by Crippen LogP contribution is 2.62. The summed E-state index contributed by atoms with van der Waals surface area (Å²) in [6, 6.07) is 0. The summed E-state index contributed by atoms with van der Waals surface area (Å²) in [6.07, 6.45) is 7.21. The molecule has 0 aromatic carbocycles. The third kappa shape index (κ3) is 2.34. The van der Waals surface area contributed by atoms with Crippen molar-refractivity contribution < 1.29 is 19.1 Å². The molecule has 0 amide bonds. The molecule has 0 aromatic heterocycles. The van der Waals surface area contributed by atoms with Gasteiger partial charge in [-0.1, -0.05) is 19.1 Å². The molecule has 2 saturated carbocycles. The van der Waals surface area contributed by atoms with Crippen molar-refractivity contribution in [3.8, 4) is 0 Å². The third-order valence-electron chi connectivity index (χ3n) is 7.27. The number of allylic oxidation sites excluding steroid dienone is 3. The van der Waals surface area contributed by atoms with E-state index in [4.69, 9.17) is 9.47 Å². The van der Waals surface area contributed by atoms with Gasteiger partial charge in [-0.05, 0) is 63.7 Å². The van der Waals surface area contributed by atoms with E-state index in [1.54, 1.807) is 0 Å². The van der Waals surface area contributed by atoms with Crippen molar-refractivity contribution in [3.05, 3.63) is 35.3 Å². The Morgan fingerprint density at radius 2 is 2.08 bits per heavy atom. The molecule has 4 nitrogen and oxygen atoms in total. The predicted molar refractivity (Wildman–Crippen MR) is 98.2 cm³/mol. The molecule has 0 aromatic rings. The Morgan fingerprint density at radius 3 is 2.81 bits per heavy atom. The van der Waals surface area contributed by atoms with Crippen LogP contribution >= 0.6 is 0 Å². The number of fused-ring (bicyclic) bond motifs is 3. The first-order valence-electron chi connectivity index (χ1n) is 9.83. The molecule has 4 aliphatic rings. The van der Waals surface area contributed by atoms with Gasteiger partial charge in [0.2, 0.25) is 11.6 Å². The summed E-state index contributed by atoms with van der Waals surface area (Å²) < 4.78 is 11.7. The van der Waals surface area contributed by atoms with Gasteiger partial charge in [-0.2, -0.15) is 0 Å². The Kier molecular flexibility index (Phi) is 3.94. The lowest BCUT2D eigenvalue weighted by atomic mass is 9.49. The number of carbonyl (C=O) groups is 2. The zero-order valence-electron chi connectivity index (χ0n) is 16.0. The van der Waals surface area contributed by atoms with Crippen molar-refractivity contribution in [2.75, 3.05) is 6.61 Å². The van der Waals surface area contributed by atoms with Crippen LogP contribution in [0.3, 0.4) is 0 Å². The Balaban J connectivity index is 1.74. The molecule has 4 atom stereocenters. The van der Waals surface area contributed by atoms with Crippen LogP contribution in [0.25, 0.3) is 0 Å². The molecule has 140 valence electrons. The molecule has 0 unspecified atom stereocenters. The van der Waals surface area contributed by atoms with Crippen molar-refractivity contribution >= 4 is 11.6 Å². The van der Waals surface area contributed by atoms with Crippen LogP contribution in [0.15, 0.2) is 35.3 Å². The number of Topliss-reactive ketones (excluding diaryl/α,β-unsaturated/α-hetero) is 1. The van der Waals surface area contributed by atoms with Crippen LogP contribution in [-0.4, -0.2) is 23.8 Å². The lowest BCUT2D eigenvalue weighted by Crippen LogP contribution is -2.57. The van der Waals surface area contributed by atoms with Gasteiger partial charge in [-0.3, -0.25) is 9.59 Å². The van der Waals surface area contributed by atoms with E-state index in [2.05, 4.69) is 20.4 Å². The lowest BCUT2D eigenvalue weighted by Gasteiger charge is -2.60. The SMILES string of the molecule is C=C1CCC[C@]2(C)[C@H]3CC4=C(O[C@]3(C)CC[C@@H]12)C(=O)C=C(OCC)C4=O. The van der Waals surface area contributed by atoms with E-state index in [1.165, 1.54) is 11.6 Å². The molecule has 0 radical (unpaired) electrons. The summed E-state index contributed by atoms with van der Waals surface area (Å²) in [5.74, 6) is 0.702. The Labute approximate surface area is 155 Å². The van der Waals surface area contributed by atoms with Crippen LogP contribution in [0.4, 0.5) is 0 Å². The lowest BCUT2D eigenvalue weighted by molar-refractivity contribution is -0.159. The van der Waals surface area contributed by atoms with Gasteiger partial charge in [-0.25, -0.2) is 0 Å². The van der Waals surface area contributed by atoms with E-state index >= 15 is 0 Å². The van der Waals surface area contributed by atoms with Gasteiger partial charge in [-0.15, -0.1) is 0 Å². The predicted octanol–water partition coefficient (Wildman–Crippen LogP) is 4.26.